The van der Waals surface area contributed by atoms with Crippen LogP contribution in [0.1, 0.15) is 5.56 Å². The fraction of sp³-hybridized carbons (Fsp3) is 0.0714. The van der Waals surface area contributed by atoms with Gasteiger partial charge in [0.1, 0.15) is 11.5 Å². The summed E-state index contributed by atoms with van der Waals surface area (Å²) in [6, 6.07) is 12.2. The topological polar surface area (TPSA) is 53.9 Å². The molecule has 0 aromatic heterocycles. The highest BCUT2D eigenvalue weighted by Gasteiger charge is 2.01. The lowest BCUT2D eigenvalue weighted by Crippen LogP contribution is -1.92. The fourth-order valence-corrected chi connectivity index (χ4v) is 1.66. The first kappa shape index (κ1) is 13.2. The summed E-state index contributed by atoms with van der Waals surface area (Å²) in [5.41, 5.74) is 4.06. The van der Waals surface area contributed by atoms with Crippen LogP contribution in [-0.2, 0) is 0 Å². The summed E-state index contributed by atoms with van der Waals surface area (Å²) < 4.78 is 5.08. The molecule has 0 amide bonds. The van der Waals surface area contributed by atoms with Crippen molar-refractivity contribution in [2.24, 2.45) is 5.10 Å². The number of aromatic hydroxyl groups is 1. The molecule has 5 heteroatoms. The van der Waals surface area contributed by atoms with E-state index in [2.05, 4.69) is 10.5 Å². The van der Waals surface area contributed by atoms with E-state index in [0.717, 1.165) is 0 Å². The molecule has 0 aliphatic heterocycles. The standard InChI is InChI=1S/C14H13ClN2O2/c1-19-11-6-7-14(18)10(8-11)9-16-17-13-5-3-2-4-12(13)15/h2-9,17-18H,1H3. The number of nitrogens with zero attached hydrogens (tertiary/aromatic N) is 1. The summed E-state index contributed by atoms with van der Waals surface area (Å²) in [7, 11) is 1.56. The Kier molecular flexibility index (Phi) is 4.26. The molecule has 0 heterocycles. The van der Waals surface area contributed by atoms with Crippen LogP contribution in [0.25, 0.3) is 0 Å². The van der Waals surface area contributed by atoms with Crippen LogP contribution in [0, 0.1) is 0 Å². The van der Waals surface area contributed by atoms with Crippen molar-refractivity contribution in [3.8, 4) is 11.5 Å². The van der Waals surface area contributed by atoms with Gasteiger partial charge in [-0.3, -0.25) is 5.43 Å². The molecule has 0 spiro atoms. The molecule has 0 saturated carbocycles. The van der Waals surface area contributed by atoms with Gasteiger partial charge in [-0.15, -0.1) is 0 Å². The van der Waals surface area contributed by atoms with Gasteiger partial charge in [0, 0.05) is 5.56 Å². The van der Waals surface area contributed by atoms with E-state index in [1.807, 2.05) is 18.2 Å². The average Bonchev–Trinajstić information content (AvgIpc) is 2.43. The predicted octanol–water partition coefficient (Wildman–Crippen LogP) is 3.50. The van der Waals surface area contributed by atoms with E-state index in [4.69, 9.17) is 16.3 Å². The normalized spacial score (nSPS) is 10.6. The minimum atomic E-state index is 0.130. The monoisotopic (exact) mass is 276 g/mol. The van der Waals surface area contributed by atoms with E-state index in [1.54, 1.807) is 31.4 Å². The zero-order valence-electron chi connectivity index (χ0n) is 10.3. The van der Waals surface area contributed by atoms with Crippen molar-refractivity contribution in [2.45, 2.75) is 0 Å². The molecule has 0 unspecified atom stereocenters. The number of methoxy groups -OCH3 is 1. The van der Waals surface area contributed by atoms with Crippen molar-refractivity contribution in [3.05, 3.63) is 53.1 Å². The largest absolute Gasteiger partial charge is 0.507 e. The summed E-state index contributed by atoms with van der Waals surface area (Å²) in [4.78, 5) is 0. The Balaban J connectivity index is 2.13. The van der Waals surface area contributed by atoms with Crippen molar-refractivity contribution in [1.82, 2.24) is 0 Å². The Morgan fingerprint density at radius 1 is 1.26 bits per heavy atom. The van der Waals surface area contributed by atoms with Gasteiger partial charge in [-0.25, -0.2) is 0 Å². The molecule has 0 aliphatic carbocycles. The van der Waals surface area contributed by atoms with Crippen LogP contribution >= 0.6 is 11.6 Å². The Morgan fingerprint density at radius 2 is 2.05 bits per heavy atom. The van der Waals surface area contributed by atoms with E-state index in [-0.39, 0.29) is 5.75 Å². The molecule has 4 nitrogen and oxygen atoms in total. The van der Waals surface area contributed by atoms with Crippen LogP contribution in [0.5, 0.6) is 11.5 Å². The molecule has 0 saturated heterocycles. The first-order valence-electron chi connectivity index (χ1n) is 5.61. The number of benzene rings is 2. The van der Waals surface area contributed by atoms with Crippen LogP contribution < -0.4 is 10.2 Å². The third kappa shape index (κ3) is 3.39. The zero-order chi connectivity index (χ0) is 13.7. The number of hydrogen-bond acceptors (Lipinski definition) is 4. The number of phenols is 1. The van der Waals surface area contributed by atoms with E-state index < -0.39 is 0 Å². The van der Waals surface area contributed by atoms with Gasteiger partial charge in [0.05, 0.1) is 24.0 Å². The highest BCUT2D eigenvalue weighted by molar-refractivity contribution is 6.33. The smallest absolute Gasteiger partial charge is 0.124 e. The number of ether oxygens (including phenoxy) is 1. The minimum Gasteiger partial charge on any atom is -0.507 e. The first-order chi connectivity index (χ1) is 9.20. The maximum Gasteiger partial charge on any atom is 0.124 e. The van der Waals surface area contributed by atoms with Crippen LogP contribution in [0.2, 0.25) is 5.02 Å². The number of halogens is 1. The Bertz CT molecular complexity index is 600. The molecule has 0 atom stereocenters. The molecule has 2 N–H and O–H groups in total. The number of anilines is 1. The van der Waals surface area contributed by atoms with Crippen LogP contribution in [0.4, 0.5) is 5.69 Å². The van der Waals surface area contributed by atoms with Crippen LogP contribution in [0.15, 0.2) is 47.6 Å². The van der Waals surface area contributed by atoms with Gasteiger partial charge in [-0.1, -0.05) is 23.7 Å². The lowest BCUT2D eigenvalue weighted by atomic mass is 10.2. The molecular formula is C14H13ClN2O2. The van der Waals surface area contributed by atoms with Gasteiger partial charge in [0.2, 0.25) is 0 Å². The Labute approximate surface area is 116 Å². The van der Waals surface area contributed by atoms with Crippen molar-refractivity contribution in [1.29, 1.82) is 0 Å². The van der Waals surface area contributed by atoms with E-state index in [9.17, 15) is 5.11 Å². The quantitative estimate of drug-likeness (QED) is 0.664. The van der Waals surface area contributed by atoms with E-state index >= 15 is 0 Å². The van der Waals surface area contributed by atoms with Crippen molar-refractivity contribution < 1.29 is 9.84 Å². The molecule has 0 fully saturated rings. The molecule has 2 aromatic rings. The number of nitrogens with one attached hydrogen (secondary N) is 1. The first-order valence-corrected chi connectivity index (χ1v) is 5.99. The molecular weight excluding hydrogens is 264 g/mol. The maximum absolute atomic E-state index is 9.68. The zero-order valence-corrected chi connectivity index (χ0v) is 11.1. The number of hydrogen-bond donors (Lipinski definition) is 2. The van der Waals surface area contributed by atoms with Crippen molar-refractivity contribution in [3.63, 3.8) is 0 Å². The summed E-state index contributed by atoms with van der Waals surface area (Å²) in [6.45, 7) is 0. The van der Waals surface area contributed by atoms with Gasteiger partial charge < -0.3 is 9.84 Å². The van der Waals surface area contributed by atoms with E-state index in [1.165, 1.54) is 6.21 Å². The van der Waals surface area contributed by atoms with Crippen LogP contribution in [-0.4, -0.2) is 18.4 Å². The lowest BCUT2D eigenvalue weighted by Gasteiger charge is -2.04. The SMILES string of the molecule is COc1ccc(O)c(C=NNc2ccccc2Cl)c1. The van der Waals surface area contributed by atoms with Gasteiger partial charge >= 0.3 is 0 Å². The van der Waals surface area contributed by atoms with Crippen molar-refractivity contribution in [2.75, 3.05) is 12.5 Å². The second kappa shape index (κ2) is 6.11. The third-order valence-corrected chi connectivity index (χ3v) is 2.83. The third-order valence-electron chi connectivity index (χ3n) is 2.50. The summed E-state index contributed by atoms with van der Waals surface area (Å²) >= 11 is 5.98. The van der Waals surface area contributed by atoms with Crippen LogP contribution in [0.3, 0.4) is 0 Å². The predicted molar refractivity (Wildman–Crippen MR) is 77.3 cm³/mol. The van der Waals surface area contributed by atoms with Gasteiger partial charge in [0.15, 0.2) is 0 Å². The number of para-hydroxylation sites is 1. The highest BCUT2D eigenvalue weighted by Crippen LogP contribution is 2.22. The maximum atomic E-state index is 9.68. The summed E-state index contributed by atoms with van der Waals surface area (Å²) in [5.74, 6) is 0.780. The molecule has 0 radical (unpaired) electrons. The van der Waals surface area contributed by atoms with E-state index in [0.29, 0.717) is 22.0 Å². The minimum absolute atomic E-state index is 0.130. The molecule has 0 aliphatic rings. The lowest BCUT2D eigenvalue weighted by molar-refractivity contribution is 0.412. The molecule has 0 bridgehead atoms. The van der Waals surface area contributed by atoms with Gasteiger partial charge in [-0.2, -0.15) is 5.10 Å². The van der Waals surface area contributed by atoms with Crippen molar-refractivity contribution >= 4 is 23.5 Å². The summed E-state index contributed by atoms with van der Waals surface area (Å²) in [5, 5.41) is 14.3. The average molecular weight is 277 g/mol. The van der Waals surface area contributed by atoms with Gasteiger partial charge in [-0.05, 0) is 30.3 Å². The molecule has 98 valence electrons. The second-order valence-corrected chi connectivity index (χ2v) is 4.18. The fourth-order valence-electron chi connectivity index (χ4n) is 1.49. The number of phenolic OH excluding ortho intramolecular Hbond substituents is 1. The Hall–Kier alpha value is -2.20. The molecule has 19 heavy (non-hydrogen) atoms. The number of hydrazone groups is 1. The molecule has 2 aromatic carbocycles. The van der Waals surface area contributed by atoms with Gasteiger partial charge in [0.25, 0.3) is 0 Å². The summed E-state index contributed by atoms with van der Waals surface area (Å²) in [6.07, 6.45) is 1.50. The Morgan fingerprint density at radius 3 is 2.79 bits per heavy atom. The highest BCUT2D eigenvalue weighted by atomic mass is 35.5. The molecule has 2 rings (SSSR count). The number of rotatable bonds is 4. The second-order valence-electron chi connectivity index (χ2n) is 3.77.